The predicted octanol–water partition coefficient (Wildman–Crippen LogP) is 3.06. The van der Waals surface area contributed by atoms with E-state index >= 15 is 0 Å². The van der Waals surface area contributed by atoms with Crippen LogP contribution in [0.25, 0.3) is 11.0 Å². The summed E-state index contributed by atoms with van der Waals surface area (Å²) in [6.45, 7) is 1.91. The number of hydrogen-bond acceptors (Lipinski definition) is 5. The molecule has 2 N–H and O–H groups in total. The lowest BCUT2D eigenvalue weighted by Gasteiger charge is -2.31. The van der Waals surface area contributed by atoms with Crippen molar-refractivity contribution >= 4 is 22.8 Å². The standard InChI is InChI=1S/C21H24FN5O2/c1-29-13-19(28)27-10-8-14(9-11-27)18-7-6-16-20(25-26-21(16)24-18)23-12-15-4-2-3-5-17(15)22/h2-7,14H,8-13H2,1H3,(H2,23,24,25,26). The summed E-state index contributed by atoms with van der Waals surface area (Å²) in [6, 6.07) is 10.7. The van der Waals surface area contributed by atoms with Gasteiger partial charge in [0.15, 0.2) is 11.5 Å². The number of methoxy groups -OCH3 is 1. The quantitative estimate of drug-likeness (QED) is 0.668. The van der Waals surface area contributed by atoms with Crippen molar-refractivity contribution in [2.24, 2.45) is 0 Å². The van der Waals surface area contributed by atoms with Gasteiger partial charge in [-0.1, -0.05) is 18.2 Å². The van der Waals surface area contributed by atoms with Gasteiger partial charge in [0.25, 0.3) is 0 Å². The van der Waals surface area contributed by atoms with Crippen molar-refractivity contribution in [2.45, 2.75) is 25.3 Å². The molecular weight excluding hydrogens is 373 g/mol. The van der Waals surface area contributed by atoms with E-state index in [0.717, 1.165) is 23.9 Å². The molecule has 1 amide bonds. The highest BCUT2D eigenvalue weighted by molar-refractivity contribution is 5.87. The Labute approximate surface area is 168 Å². The van der Waals surface area contributed by atoms with Crippen LogP contribution in [-0.2, 0) is 16.1 Å². The highest BCUT2D eigenvalue weighted by Gasteiger charge is 2.25. The van der Waals surface area contributed by atoms with E-state index < -0.39 is 0 Å². The summed E-state index contributed by atoms with van der Waals surface area (Å²) < 4.78 is 18.7. The number of ether oxygens (including phenoxy) is 1. The minimum Gasteiger partial charge on any atom is -0.375 e. The number of aromatic nitrogens is 3. The molecule has 1 aliphatic rings. The molecule has 4 rings (SSSR count). The number of hydrogen-bond donors (Lipinski definition) is 2. The highest BCUT2D eigenvalue weighted by atomic mass is 19.1. The molecule has 7 nitrogen and oxygen atoms in total. The van der Waals surface area contributed by atoms with E-state index in [-0.39, 0.29) is 18.3 Å². The van der Waals surface area contributed by atoms with E-state index in [1.807, 2.05) is 23.1 Å². The fourth-order valence-electron chi connectivity index (χ4n) is 3.74. The summed E-state index contributed by atoms with van der Waals surface area (Å²) in [4.78, 5) is 18.5. The van der Waals surface area contributed by atoms with E-state index in [9.17, 15) is 9.18 Å². The molecule has 0 radical (unpaired) electrons. The van der Waals surface area contributed by atoms with Gasteiger partial charge in [0.2, 0.25) is 5.91 Å². The van der Waals surface area contributed by atoms with Crippen LogP contribution in [0.2, 0.25) is 0 Å². The SMILES string of the molecule is COCC(=O)N1CCC(c2ccc3c(NCc4ccccc4F)n[nH]c3n2)CC1. The minimum absolute atomic E-state index is 0.0356. The molecule has 8 heteroatoms. The number of fused-ring (bicyclic) bond motifs is 1. The zero-order chi connectivity index (χ0) is 20.2. The van der Waals surface area contributed by atoms with Gasteiger partial charge in [0.1, 0.15) is 12.4 Å². The molecule has 1 aliphatic heterocycles. The van der Waals surface area contributed by atoms with Crippen LogP contribution >= 0.6 is 0 Å². The molecule has 0 spiro atoms. The lowest BCUT2D eigenvalue weighted by molar-refractivity contribution is -0.136. The molecule has 1 aromatic carbocycles. The number of piperidine rings is 1. The number of benzene rings is 1. The van der Waals surface area contributed by atoms with Crippen molar-refractivity contribution in [1.82, 2.24) is 20.1 Å². The Morgan fingerprint density at radius 1 is 1.28 bits per heavy atom. The van der Waals surface area contributed by atoms with Crippen LogP contribution in [-0.4, -0.2) is 52.8 Å². The van der Waals surface area contributed by atoms with Crippen LogP contribution in [0, 0.1) is 5.82 Å². The van der Waals surface area contributed by atoms with Crippen molar-refractivity contribution in [1.29, 1.82) is 0 Å². The first-order valence-electron chi connectivity index (χ1n) is 9.74. The van der Waals surface area contributed by atoms with Crippen LogP contribution in [0.4, 0.5) is 10.2 Å². The van der Waals surface area contributed by atoms with Gasteiger partial charge in [0.05, 0.1) is 5.39 Å². The Morgan fingerprint density at radius 2 is 2.07 bits per heavy atom. The van der Waals surface area contributed by atoms with Crippen LogP contribution in [0.1, 0.15) is 30.0 Å². The molecule has 0 bridgehead atoms. The Morgan fingerprint density at radius 3 is 2.83 bits per heavy atom. The number of likely N-dealkylation sites (tertiary alicyclic amines) is 1. The Hall–Kier alpha value is -3.00. The van der Waals surface area contributed by atoms with E-state index in [1.54, 1.807) is 12.1 Å². The molecule has 1 fully saturated rings. The first kappa shape index (κ1) is 19.3. The second-order valence-electron chi connectivity index (χ2n) is 7.24. The zero-order valence-electron chi connectivity index (χ0n) is 16.3. The van der Waals surface area contributed by atoms with Gasteiger partial charge in [-0.2, -0.15) is 5.10 Å². The fraction of sp³-hybridized carbons (Fsp3) is 0.381. The predicted molar refractivity (Wildman–Crippen MR) is 108 cm³/mol. The topological polar surface area (TPSA) is 83.1 Å². The number of amides is 1. The van der Waals surface area contributed by atoms with Crippen molar-refractivity contribution < 1.29 is 13.9 Å². The number of nitrogens with one attached hydrogen (secondary N) is 2. The van der Waals surface area contributed by atoms with Crippen LogP contribution in [0.3, 0.4) is 0 Å². The van der Waals surface area contributed by atoms with E-state index in [0.29, 0.717) is 42.6 Å². The molecule has 0 saturated carbocycles. The monoisotopic (exact) mass is 397 g/mol. The molecular formula is C21H24FN5O2. The number of aromatic amines is 1. The Kier molecular flexibility index (Phi) is 5.71. The van der Waals surface area contributed by atoms with E-state index in [4.69, 9.17) is 9.72 Å². The maximum atomic E-state index is 13.8. The second kappa shape index (κ2) is 8.57. The zero-order valence-corrected chi connectivity index (χ0v) is 16.3. The van der Waals surface area contributed by atoms with Crippen molar-refractivity contribution in [2.75, 3.05) is 32.1 Å². The van der Waals surface area contributed by atoms with Gasteiger partial charge in [-0.25, -0.2) is 9.37 Å². The lowest BCUT2D eigenvalue weighted by Crippen LogP contribution is -2.39. The van der Waals surface area contributed by atoms with Crippen molar-refractivity contribution in [3.8, 4) is 0 Å². The van der Waals surface area contributed by atoms with Gasteiger partial charge in [0, 0.05) is 43.9 Å². The summed E-state index contributed by atoms with van der Waals surface area (Å²) in [5, 5.41) is 11.3. The van der Waals surface area contributed by atoms with Gasteiger partial charge in [-0.3, -0.25) is 9.89 Å². The van der Waals surface area contributed by atoms with Crippen LogP contribution in [0.15, 0.2) is 36.4 Å². The molecule has 29 heavy (non-hydrogen) atoms. The summed E-state index contributed by atoms with van der Waals surface area (Å²) in [5.41, 5.74) is 2.29. The van der Waals surface area contributed by atoms with Crippen molar-refractivity contribution in [3.63, 3.8) is 0 Å². The Bertz CT molecular complexity index is 998. The van der Waals surface area contributed by atoms with Crippen LogP contribution < -0.4 is 5.32 Å². The fourth-order valence-corrected chi connectivity index (χ4v) is 3.74. The van der Waals surface area contributed by atoms with Gasteiger partial charge in [-0.05, 0) is 31.0 Å². The number of pyridine rings is 1. The molecule has 0 aliphatic carbocycles. The average molecular weight is 397 g/mol. The number of H-pyrrole nitrogens is 1. The molecule has 3 heterocycles. The average Bonchev–Trinajstić information content (AvgIpc) is 3.16. The number of halogens is 1. The van der Waals surface area contributed by atoms with E-state index in [1.165, 1.54) is 13.2 Å². The molecule has 2 aromatic heterocycles. The maximum absolute atomic E-state index is 13.8. The van der Waals surface area contributed by atoms with Gasteiger partial charge < -0.3 is 15.0 Å². The highest BCUT2D eigenvalue weighted by Crippen LogP contribution is 2.29. The Balaban J connectivity index is 1.42. The third-order valence-electron chi connectivity index (χ3n) is 5.38. The molecule has 3 aromatic rings. The maximum Gasteiger partial charge on any atom is 0.248 e. The summed E-state index contributed by atoms with van der Waals surface area (Å²) >= 11 is 0. The summed E-state index contributed by atoms with van der Waals surface area (Å²) in [6.07, 6.45) is 1.75. The minimum atomic E-state index is -0.240. The number of rotatable bonds is 6. The summed E-state index contributed by atoms with van der Waals surface area (Å²) in [7, 11) is 1.54. The van der Waals surface area contributed by atoms with E-state index in [2.05, 4.69) is 15.5 Å². The first-order valence-corrected chi connectivity index (χ1v) is 9.74. The smallest absolute Gasteiger partial charge is 0.248 e. The lowest BCUT2D eigenvalue weighted by atomic mass is 9.93. The van der Waals surface area contributed by atoms with Crippen molar-refractivity contribution in [3.05, 3.63) is 53.5 Å². The molecule has 0 unspecified atom stereocenters. The second-order valence-corrected chi connectivity index (χ2v) is 7.24. The number of carbonyl (C=O) groups excluding carboxylic acids is 1. The third-order valence-corrected chi connectivity index (χ3v) is 5.38. The van der Waals surface area contributed by atoms with Gasteiger partial charge >= 0.3 is 0 Å². The molecule has 1 saturated heterocycles. The first-order chi connectivity index (χ1) is 14.2. The molecule has 0 atom stereocenters. The number of carbonyl (C=O) groups is 1. The largest absolute Gasteiger partial charge is 0.375 e. The number of nitrogens with zero attached hydrogens (tertiary/aromatic N) is 3. The number of anilines is 1. The van der Waals surface area contributed by atoms with Crippen LogP contribution in [0.5, 0.6) is 0 Å². The third kappa shape index (κ3) is 4.22. The van der Waals surface area contributed by atoms with Gasteiger partial charge in [-0.15, -0.1) is 0 Å². The summed E-state index contributed by atoms with van der Waals surface area (Å²) in [5.74, 6) is 0.760. The molecule has 152 valence electrons. The normalized spacial score (nSPS) is 15.0.